The summed E-state index contributed by atoms with van der Waals surface area (Å²) >= 11 is 0. The smallest absolute Gasteiger partial charge is 0.128 e. The van der Waals surface area contributed by atoms with Crippen molar-refractivity contribution in [3.8, 4) is 0 Å². The SMILES string of the molecule is OC[C@@H](O)[C@@H](O)[C@H](O)[C@@H](O)C=NCc1nc2ccccc2[nH]1. The van der Waals surface area contributed by atoms with Crippen LogP contribution in [0, 0.1) is 0 Å². The standard InChI is InChI=1S/C14H19N3O5/c18-7-11(20)14(22)13(21)10(19)5-15-6-12-16-8-3-1-2-4-9(8)17-12/h1-5,10-11,13-14,18-22H,6-7H2,(H,16,17)/t10-,11+,13+,14+/m0/s1. The number of benzene rings is 1. The zero-order valence-electron chi connectivity index (χ0n) is 11.7. The van der Waals surface area contributed by atoms with Crippen LogP contribution in [0.1, 0.15) is 5.82 Å². The van der Waals surface area contributed by atoms with Gasteiger partial charge in [-0.1, -0.05) is 12.1 Å². The van der Waals surface area contributed by atoms with E-state index in [0.717, 1.165) is 17.2 Å². The molecule has 0 saturated carbocycles. The van der Waals surface area contributed by atoms with E-state index in [1.165, 1.54) is 0 Å². The van der Waals surface area contributed by atoms with Gasteiger partial charge in [0.1, 0.15) is 30.2 Å². The van der Waals surface area contributed by atoms with Crippen molar-refractivity contribution in [3.63, 3.8) is 0 Å². The van der Waals surface area contributed by atoms with Crippen LogP contribution in [-0.2, 0) is 6.54 Å². The molecule has 0 fully saturated rings. The lowest BCUT2D eigenvalue weighted by Gasteiger charge is -2.23. The highest BCUT2D eigenvalue weighted by Gasteiger charge is 2.28. The van der Waals surface area contributed by atoms with Crippen molar-refractivity contribution < 1.29 is 25.5 Å². The summed E-state index contributed by atoms with van der Waals surface area (Å²) in [5, 5.41) is 46.6. The Labute approximate surface area is 126 Å². The maximum Gasteiger partial charge on any atom is 0.128 e. The summed E-state index contributed by atoms with van der Waals surface area (Å²) in [7, 11) is 0. The lowest BCUT2D eigenvalue weighted by molar-refractivity contribution is -0.0999. The van der Waals surface area contributed by atoms with Gasteiger partial charge in [-0.15, -0.1) is 0 Å². The largest absolute Gasteiger partial charge is 0.394 e. The molecule has 8 heteroatoms. The normalized spacial score (nSPS) is 17.7. The van der Waals surface area contributed by atoms with Gasteiger partial charge < -0.3 is 30.5 Å². The minimum atomic E-state index is -1.67. The van der Waals surface area contributed by atoms with Crippen LogP contribution in [0.2, 0.25) is 0 Å². The number of aliphatic hydroxyl groups excluding tert-OH is 5. The third-order valence-electron chi connectivity index (χ3n) is 3.22. The Kier molecular flexibility index (Phi) is 5.58. The van der Waals surface area contributed by atoms with E-state index in [1.54, 1.807) is 0 Å². The minimum Gasteiger partial charge on any atom is -0.394 e. The molecule has 1 heterocycles. The molecule has 4 atom stereocenters. The molecule has 8 nitrogen and oxygen atoms in total. The molecule has 0 saturated heterocycles. The maximum absolute atomic E-state index is 9.67. The lowest BCUT2D eigenvalue weighted by atomic mass is 10.0. The van der Waals surface area contributed by atoms with E-state index in [9.17, 15) is 20.4 Å². The van der Waals surface area contributed by atoms with Crippen LogP contribution in [-0.4, -0.2) is 72.7 Å². The molecule has 0 aliphatic rings. The zero-order valence-corrected chi connectivity index (χ0v) is 11.7. The molecule has 120 valence electrons. The van der Waals surface area contributed by atoms with Crippen molar-refractivity contribution >= 4 is 17.2 Å². The van der Waals surface area contributed by atoms with E-state index in [2.05, 4.69) is 15.0 Å². The number of aliphatic hydroxyl groups is 5. The first-order chi connectivity index (χ1) is 10.5. The first kappa shape index (κ1) is 16.5. The van der Waals surface area contributed by atoms with E-state index >= 15 is 0 Å². The van der Waals surface area contributed by atoms with E-state index in [-0.39, 0.29) is 6.54 Å². The minimum absolute atomic E-state index is 0.164. The van der Waals surface area contributed by atoms with Gasteiger partial charge in [-0.25, -0.2) is 4.98 Å². The van der Waals surface area contributed by atoms with E-state index in [4.69, 9.17) is 5.11 Å². The fourth-order valence-corrected chi connectivity index (χ4v) is 1.95. The number of nitrogens with zero attached hydrogens (tertiary/aromatic N) is 2. The number of imidazole rings is 1. The Balaban J connectivity index is 1.93. The molecule has 0 bridgehead atoms. The first-order valence-corrected chi connectivity index (χ1v) is 6.79. The van der Waals surface area contributed by atoms with Gasteiger partial charge >= 0.3 is 0 Å². The third kappa shape index (κ3) is 3.87. The average Bonchev–Trinajstić information content (AvgIpc) is 2.95. The highest BCUT2D eigenvalue weighted by Crippen LogP contribution is 2.10. The molecule has 0 aliphatic carbocycles. The van der Waals surface area contributed by atoms with Crippen LogP contribution in [0.25, 0.3) is 11.0 Å². The van der Waals surface area contributed by atoms with Gasteiger partial charge in [-0.2, -0.15) is 0 Å². The van der Waals surface area contributed by atoms with Crippen molar-refractivity contribution in [1.29, 1.82) is 0 Å². The number of hydrogen-bond acceptors (Lipinski definition) is 7. The molecule has 2 aromatic rings. The van der Waals surface area contributed by atoms with Crippen LogP contribution in [0.4, 0.5) is 0 Å². The van der Waals surface area contributed by atoms with Crippen LogP contribution < -0.4 is 0 Å². The Bertz CT molecular complexity index is 597. The molecular formula is C14H19N3O5. The number of fused-ring (bicyclic) bond motifs is 1. The Morgan fingerprint density at radius 1 is 1.14 bits per heavy atom. The first-order valence-electron chi connectivity index (χ1n) is 6.79. The average molecular weight is 309 g/mol. The summed E-state index contributed by atoms with van der Waals surface area (Å²) in [6.45, 7) is -0.557. The number of aromatic nitrogens is 2. The van der Waals surface area contributed by atoms with Crippen molar-refractivity contribution in [2.24, 2.45) is 4.99 Å². The third-order valence-corrected chi connectivity index (χ3v) is 3.22. The molecule has 0 amide bonds. The summed E-state index contributed by atoms with van der Waals surface area (Å²) in [5.41, 5.74) is 1.67. The van der Waals surface area contributed by atoms with E-state index < -0.39 is 31.0 Å². The van der Waals surface area contributed by atoms with Crippen LogP contribution in [0.3, 0.4) is 0 Å². The number of H-pyrrole nitrogens is 1. The number of rotatable bonds is 7. The number of aromatic amines is 1. The van der Waals surface area contributed by atoms with Crippen molar-refractivity contribution in [2.45, 2.75) is 31.0 Å². The lowest BCUT2D eigenvalue weighted by Crippen LogP contribution is -2.46. The second-order valence-electron chi connectivity index (χ2n) is 4.91. The van der Waals surface area contributed by atoms with Crippen LogP contribution >= 0.6 is 0 Å². The van der Waals surface area contributed by atoms with Gasteiger partial charge in [0.25, 0.3) is 0 Å². The fourth-order valence-electron chi connectivity index (χ4n) is 1.95. The van der Waals surface area contributed by atoms with E-state index in [1.807, 2.05) is 24.3 Å². The molecule has 0 unspecified atom stereocenters. The predicted octanol–water partition coefficient (Wildman–Crippen LogP) is -1.43. The Hall–Kier alpha value is -1.84. The number of hydrogen-bond donors (Lipinski definition) is 6. The van der Waals surface area contributed by atoms with Gasteiger partial charge in [0.15, 0.2) is 0 Å². The van der Waals surface area contributed by atoms with Gasteiger partial charge in [0.2, 0.25) is 0 Å². The molecule has 1 aromatic carbocycles. The topological polar surface area (TPSA) is 142 Å². The summed E-state index contributed by atoms with van der Waals surface area (Å²) in [5.74, 6) is 0.593. The summed E-state index contributed by atoms with van der Waals surface area (Å²) < 4.78 is 0. The van der Waals surface area contributed by atoms with Gasteiger partial charge in [0, 0.05) is 6.21 Å². The molecule has 0 radical (unpaired) electrons. The molecule has 22 heavy (non-hydrogen) atoms. The van der Waals surface area contributed by atoms with Crippen molar-refractivity contribution in [1.82, 2.24) is 9.97 Å². The monoisotopic (exact) mass is 309 g/mol. The molecule has 0 aliphatic heterocycles. The van der Waals surface area contributed by atoms with E-state index in [0.29, 0.717) is 5.82 Å². The highest BCUT2D eigenvalue weighted by molar-refractivity contribution is 5.74. The number of aliphatic imine (C=N–C) groups is 1. The molecule has 0 spiro atoms. The second kappa shape index (κ2) is 7.43. The zero-order chi connectivity index (χ0) is 16.1. The van der Waals surface area contributed by atoms with Crippen LogP contribution in [0.5, 0.6) is 0 Å². The quantitative estimate of drug-likeness (QED) is 0.346. The number of nitrogens with one attached hydrogen (secondary N) is 1. The van der Waals surface area contributed by atoms with Crippen LogP contribution in [0.15, 0.2) is 29.3 Å². The second-order valence-corrected chi connectivity index (χ2v) is 4.91. The van der Waals surface area contributed by atoms with Crippen molar-refractivity contribution in [3.05, 3.63) is 30.1 Å². The summed E-state index contributed by atoms with van der Waals surface area (Å²) in [4.78, 5) is 11.3. The van der Waals surface area contributed by atoms with Gasteiger partial charge in [0.05, 0.1) is 24.2 Å². The molecule has 1 aromatic heterocycles. The van der Waals surface area contributed by atoms with Gasteiger partial charge in [-0.05, 0) is 12.1 Å². The van der Waals surface area contributed by atoms with Crippen molar-refractivity contribution in [2.75, 3.05) is 6.61 Å². The van der Waals surface area contributed by atoms with Gasteiger partial charge in [-0.3, -0.25) is 4.99 Å². The molecule has 6 N–H and O–H groups in total. The Morgan fingerprint density at radius 2 is 1.86 bits per heavy atom. The summed E-state index contributed by atoms with van der Waals surface area (Å²) in [6, 6.07) is 7.47. The highest BCUT2D eigenvalue weighted by atomic mass is 16.4. The predicted molar refractivity (Wildman–Crippen MR) is 79.4 cm³/mol. The maximum atomic E-state index is 9.67. The summed E-state index contributed by atoms with van der Waals surface area (Å²) in [6.07, 6.45) is -5.27. The molecular weight excluding hydrogens is 290 g/mol. The Morgan fingerprint density at radius 3 is 2.55 bits per heavy atom. The molecule has 2 rings (SSSR count). The fraction of sp³-hybridized carbons (Fsp3) is 0.429. The number of para-hydroxylation sites is 2.